The van der Waals surface area contributed by atoms with Gasteiger partial charge in [0.1, 0.15) is 17.5 Å². The van der Waals surface area contributed by atoms with Gasteiger partial charge in [-0.2, -0.15) is 5.10 Å². The molecule has 5 heteroatoms. The van der Waals surface area contributed by atoms with Crippen LogP contribution in [0.1, 0.15) is 21.6 Å². The standard InChI is InChI=1S/C21H21N3O2/c1-14-7-6-10-17(11-14)26-18-12-24(13-18)21(25)19-15(2)22-23-20(19)16-8-4-3-5-9-16/h3-11,18H,12-13H2,1-2H3,(H,22,23). The van der Waals surface area contributed by atoms with Gasteiger partial charge < -0.3 is 9.64 Å². The first-order chi connectivity index (χ1) is 12.6. The lowest BCUT2D eigenvalue weighted by Gasteiger charge is -2.39. The molecule has 3 aromatic rings. The maximum absolute atomic E-state index is 13.0. The van der Waals surface area contributed by atoms with Crippen LogP contribution in [0.4, 0.5) is 0 Å². The number of H-pyrrole nitrogens is 1. The summed E-state index contributed by atoms with van der Waals surface area (Å²) in [5.41, 5.74) is 4.24. The van der Waals surface area contributed by atoms with Gasteiger partial charge in [-0.25, -0.2) is 0 Å². The summed E-state index contributed by atoms with van der Waals surface area (Å²) in [6.07, 6.45) is 0.0353. The van der Waals surface area contributed by atoms with Crippen molar-refractivity contribution < 1.29 is 9.53 Å². The molecular formula is C21H21N3O2. The average molecular weight is 347 g/mol. The number of aryl methyl sites for hydroxylation is 2. The number of carbonyl (C=O) groups excluding carboxylic acids is 1. The summed E-state index contributed by atoms with van der Waals surface area (Å²) >= 11 is 0. The summed E-state index contributed by atoms with van der Waals surface area (Å²) in [6, 6.07) is 17.8. The first-order valence-electron chi connectivity index (χ1n) is 8.75. The van der Waals surface area contributed by atoms with Gasteiger partial charge in [-0.1, -0.05) is 42.5 Å². The quantitative estimate of drug-likeness (QED) is 0.784. The fourth-order valence-electron chi connectivity index (χ4n) is 3.21. The van der Waals surface area contributed by atoms with E-state index in [4.69, 9.17) is 4.74 Å². The Hall–Kier alpha value is -3.08. The van der Waals surface area contributed by atoms with Crippen LogP contribution in [0.2, 0.25) is 0 Å². The maximum atomic E-state index is 13.0. The van der Waals surface area contributed by atoms with E-state index in [9.17, 15) is 4.79 Å². The van der Waals surface area contributed by atoms with Crippen molar-refractivity contribution in [3.63, 3.8) is 0 Å². The average Bonchev–Trinajstić information content (AvgIpc) is 3.00. The smallest absolute Gasteiger partial charge is 0.258 e. The van der Waals surface area contributed by atoms with Crippen molar-refractivity contribution in [1.82, 2.24) is 15.1 Å². The zero-order chi connectivity index (χ0) is 18.1. The van der Waals surface area contributed by atoms with Crippen molar-refractivity contribution in [3.05, 3.63) is 71.4 Å². The van der Waals surface area contributed by atoms with E-state index in [0.29, 0.717) is 24.3 Å². The molecule has 0 aliphatic carbocycles. The second-order valence-corrected chi connectivity index (χ2v) is 6.70. The van der Waals surface area contributed by atoms with E-state index in [1.165, 1.54) is 0 Å². The van der Waals surface area contributed by atoms with Gasteiger partial charge in [0.25, 0.3) is 5.91 Å². The van der Waals surface area contributed by atoms with Gasteiger partial charge in [0.15, 0.2) is 0 Å². The van der Waals surface area contributed by atoms with Gasteiger partial charge in [0.05, 0.1) is 18.7 Å². The Bertz CT molecular complexity index is 927. The molecule has 1 fully saturated rings. The lowest BCUT2D eigenvalue weighted by atomic mass is 10.0. The predicted octanol–water partition coefficient (Wildman–Crippen LogP) is 3.60. The Balaban J connectivity index is 1.46. The van der Waals surface area contributed by atoms with Crippen LogP contribution < -0.4 is 4.74 Å². The minimum atomic E-state index is -0.000745. The van der Waals surface area contributed by atoms with Gasteiger partial charge in [-0.05, 0) is 31.5 Å². The monoisotopic (exact) mass is 347 g/mol. The van der Waals surface area contributed by atoms with Crippen molar-refractivity contribution in [2.45, 2.75) is 20.0 Å². The van der Waals surface area contributed by atoms with E-state index >= 15 is 0 Å². The lowest BCUT2D eigenvalue weighted by Crippen LogP contribution is -2.56. The normalized spacial score (nSPS) is 14.2. The van der Waals surface area contributed by atoms with E-state index in [1.54, 1.807) is 0 Å². The van der Waals surface area contributed by atoms with Crippen molar-refractivity contribution in [2.24, 2.45) is 0 Å². The molecule has 1 aliphatic heterocycles. The third kappa shape index (κ3) is 3.08. The molecule has 1 aliphatic rings. The van der Waals surface area contributed by atoms with Crippen LogP contribution in [0.15, 0.2) is 54.6 Å². The number of likely N-dealkylation sites (tertiary alicyclic amines) is 1. The first kappa shape index (κ1) is 16.4. The largest absolute Gasteiger partial charge is 0.487 e. The van der Waals surface area contributed by atoms with Crippen LogP contribution in [0.3, 0.4) is 0 Å². The summed E-state index contributed by atoms with van der Waals surface area (Å²) in [7, 11) is 0. The molecule has 0 radical (unpaired) electrons. The number of nitrogens with zero attached hydrogens (tertiary/aromatic N) is 2. The number of nitrogens with one attached hydrogen (secondary N) is 1. The third-order valence-corrected chi connectivity index (χ3v) is 4.64. The van der Waals surface area contributed by atoms with Gasteiger partial charge in [0.2, 0.25) is 0 Å². The van der Waals surface area contributed by atoms with Crippen molar-refractivity contribution in [3.8, 4) is 17.0 Å². The van der Waals surface area contributed by atoms with E-state index in [-0.39, 0.29) is 12.0 Å². The zero-order valence-corrected chi connectivity index (χ0v) is 14.9. The summed E-state index contributed by atoms with van der Waals surface area (Å²) in [4.78, 5) is 14.8. The topological polar surface area (TPSA) is 58.2 Å². The number of hydrogen-bond acceptors (Lipinski definition) is 3. The van der Waals surface area contributed by atoms with Crippen LogP contribution in [0, 0.1) is 13.8 Å². The summed E-state index contributed by atoms with van der Waals surface area (Å²) in [5.74, 6) is 0.853. The minimum Gasteiger partial charge on any atom is -0.487 e. The molecule has 1 amide bonds. The van der Waals surface area contributed by atoms with E-state index in [0.717, 1.165) is 22.6 Å². The number of rotatable bonds is 4. The summed E-state index contributed by atoms with van der Waals surface area (Å²) in [5, 5.41) is 7.29. The van der Waals surface area contributed by atoms with Gasteiger partial charge >= 0.3 is 0 Å². The van der Waals surface area contributed by atoms with Crippen molar-refractivity contribution in [1.29, 1.82) is 0 Å². The highest BCUT2D eigenvalue weighted by molar-refractivity contribution is 6.01. The Kier molecular flexibility index (Phi) is 4.21. The third-order valence-electron chi connectivity index (χ3n) is 4.64. The van der Waals surface area contributed by atoms with E-state index < -0.39 is 0 Å². The maximum Gasteiger partial charge on any atom is 0.258 e. The molecule has 132 valence electrons. The number of carbonyl (C=O) groups is 1. The molecule has 26 heavy (non-hydrogen) atoms. The second-order valence-electron chi connectivity index (χ2n) is 6.70. The van der Waals surface area contributed by atoms with Gasteiger partial charge in [0, 0.05) is 11.3 Å². The summed E-state index contributed by atoms with van der Waals surface area (Å²) < 4.78 is 5.96. The second kappa shape index (κ2) is 6.67. The highest BCUT2D eigenvalue weighted by Crippen LogP contribution is 2.27. The number of amides is 1. The van der Waals surface area contributed by atoms with E-state index in [2.05, 4.69) is 10.2 Å². The molecule has 0 spiro atoms. The molecule has 2 aromatic carbocycles. The fourth-order valence-corrected chi connectivity index (χ4v) is 3.21. The van der Waals surface area contributed by atoms with Crippen molar-refractivity contribution in [2.75, 3.05) is 13.1 Å². The molecule has 4 rings (SSSR count). The fraction of sp³-hybridized carbons (Fsp3) is 0.238. The Morgan fingerprint density at radius 3 is 2.62 bits per heavy atom. The number of ether oxygens (including phenoxy) is 1. The van der Waals surface area contributed by atoms with Crippen LogP contribution in [0.25, 0.3) is 11.3 Å². The molecule has 0 unspecified atom stereocenters. The number of hydrogen-bond donors (Lipinski definition) is 1. The van der Waals surface area contributed by atoms with Crippen LogP contribution in [-0.2, 0) is 0 Å². The molecule has 5 nitrogen and oxygen atoms in total. The SMILES string of the molecule is Cc1cccc(OC2CN(C(=O)c3c(-c4ccccc4)n[nH]c3C)C2)c1. The summed E-state index contributed by atoms with van der Waals surface area (Å²) in [6.45, 7) is 5.10. The minimum absolute atomic E-state index is 0.000745. The molecule has 0 bridgehead atoms. The van der Waals surface area contributed by atoms with Crippen molar-refractivity contribution >= 4 is 5.91 Å². The Labute approximate surface area is 152 Å². The zero-order valence-electron chi connectivity index (χ0n) is 14.9. The van der Waals surface area contributed by atoms with Crippen LogP contribution in [0.5, 0.6) is 5.75 Å². The van der Waals surface area contributed by atoms with Crippen LogP contribution in [-0.4, -0.2) is 40.2 Å². The lowest BCUT2D eigenvalue weighted by molar-refractivity contribution is 0.0178. The molecule has 0 saturated carbocycles. The first-order valence-corrected chi connectivity index (χ1v) is 8.75. The predicted molar refractivity (Wildman–Crippen MR) is 100 cm³/mol. The van der Waals surface area contributed by atoms with Gasteiger partial charge in [-0.15, -0.1) is 0 Å². The molecular weight excluding hydrogens is 326 g/mol. The number of benzene rings is 2. The highest BCUT2D eigenvalue weighted by Gasteiger charge is 2.35. The Morgan fingerprint density at radius 2 is 1.88 bits per heavy atom. The van der Waals surface area contributed by atoms with Crippen LogP contribution >= 0.6 is 0 Å². The molecule has 0 atom stereocenters. The Morgan fingerprint density at radius 1 is 1.12 bits per heavy atom. The molecule has 1 N–H and O–H groups in total. The molecule has 2 heterocycles. The molecule has 1 aromatic heterocycles. The molecule has 1 saturated heterocycles. The van der Waals surface area contributed by atoms with Gasteiger partial charge in [-0.3, -0.25) is 9.89 Å². The number of aromatic nitrogens is 2. The van der Waals surface area contributed by atoms with E-state index in [1.807, 2.05) is 73.3 Å². The highest BCUT2D eigenvalue weighted by atomic mass is 16.5. The number of aromatic amines is 1.